The third-order valence-corrected chi connectivity index (χ3v) is 6.42. The number of anilines is 1. The van der Waals surface area contributed by atoms with E-state index in [-0.39, 0.29) is 17.8 Å². The van der Waals surface area contributed by atoms with E-state index >= 15 is 0 Å². The number of nitrogens with zero attached hydrogens (tertiary/aromatic N) is 3. The molecule has 7 nitrogen and oxygen atoms in total. The molecule has 4 rings (SSSR count). The van der Waals surface area contributed by atoms with Gasteiger partial charge >= 0.3 is 0 Å². The van der Waals surface area contributed by atoms with Gasteiger partial charge in [0, 0.05) is 17.9 Å². The fraction of sp³-hybridized carbons (Fsp3) is 0.375. The van der Waals surface area contributed by atoms with Crippen LogP contribution in [0.5, 0.6) is 5.75 Å². The fourth-order valence-electron chi connectivity index (χ4n) is 3.66. The predicted molar refractivity (Wildman–Crippen MR) is 126 cm³/mol. The molecule has 1 aliphatic heterocycles. The molecule has 0 aliphatic carbocycles. The lowest BCUT2D eigenvalue weighted by Crippen LogP contribution is -2.18. The van der Waals surface area contributed by atoms with E-state index in [0.717, 1.165) is 48.7 Å². The molecule has 3 aromatic rings. The molecule has 1 aliphatic rings. The molecule has 0 bridgehead atoms. The van der Waals surface area contributed by atoms with Crippen LogP contribution in [0.2, 0.25) is 0 Å². The van der Waals surface area contributed by atoms with E-state index in [1.54, 1.807) is 7.11 Å². The predicted octanol–water partition coefficient (Wildman–Crippen LogP) is 4.43. The van der Waals surface area contributed by atoms with E-state index in [1.165, 1.54) is 17.3 Å². The highest BCUT2D eigenvalue weighted by atomic mass is 32.2. The molecule has 168 valence electrons. The van der Waals surface area contributed by atoms with E-state index < -0.39 is 0 Å². The minimum absolute atomic E-state index is 0.0723. The maximum atomic E-state index is 12.5. The SMILES string of the molecule is CCc1ccc(NC(=O)CSc2nnc(-c3ccc(OC)cc3)n2CC2CCCO2)cc1. The molecular weight excluding hydrogens is 424 g/mol. The molecule has 1 unspecified atom stereocenters. The topological polar surface area (TPSA) is 78.3 Å². The summed E-state index contributed by atoms with van der Waals surface area (Å²) in [5, 5.41) is 12.5. The van der Waals surface area contributed by atoms with E-state index in [2.05, 4.69) is 27.0 Å². The monoisotopic (exact) mass is 452 g/mol. The minimum Gasteiger partial charge on any atom is -0.497 e. The van der Waals surface area contributed by atoms with Gasteiger partial charge in [-0.05, 0) is 61.2 Å². The Kier molecular flexibility index (Phi) is 7.44. The molecule has 1 N–H and O–H groups in total. The third kappa shape index (κ3) is 5.49. The molecule has 32 heavy (non-hydrogen) atoms. The molecule has 0 saturated carbocycles. The van der Waals surface area contributed by atoms with Crippen LogP contribution in [0, 0.1) is 0 Å². The van der Waals surface area contributed by atoms with Gasteiger partial charge in [0.05, 0.1) is 25.5 Å². The van der Waals surface area contributed by atoms with Gasteiger partial charge in [0.2, 0.25) is 5.91 Å². The number of hydrogen-bond donors (Lipinski definition) is 1. The quantitative estimate of drug-likeness (QED) is 0.484. The maximum Gasteiger partial charge on any atom is 0.234 e. The summed E-state index contributed by atoms with van der Waals surface area (Å²) in [6.07, 6.45) is 3.18. The second-order valence-corrected chi connectivity index (χ2v) is 8.61. The Morgan fingerprint density at radius 1 is 1.19 bits per heavy atom. The lowest BCUT2D eigenvalue weighted by atomic mass is 10.1. The van der Waals surface area contributed by atoms with E-state index in [1.807, 2.05) is 48.5 Å². The number of carbonyl (C=O) groups excluding carboxylic acids is 1. The molecule has 8 heteroatoms. The normalized spacial score (nSPS) is 15.6. The Morgan fingerprint density at radius 2 is 1.97 bits per heavy atom. The Bertz CT molecular complexity index is 1030. The zero-order valence-electron chi connectivity index (χ0n) is 18.4. The molecule has 2 aromatic carbocycles. The van der Waals surface area contributed by atoms with Crippen LogP contribution in [0.1, 0.15) is 25.3 Å². The summed E-state index contributed by atoms with van der Waals surface area (Å²) in [5.41, 5.74) is 2.99. The summed E-state index contributed by atoms with van der Waals surface area (Å²) in [5.74, 6) is 1.73. The number of nitrogens with one attached hydrogen (secondary N) is 1. The van der Waals surface area contributed by atoms with Crippen LogP contribution in [-0.2, 0) is 22.5 Å². The van der Waals surface area contributed by atoms with Gasteiger partial charge in [0.15, 0.2) is 11.0 Å². The number of rotatable bonds is 9. The maximum absolute atomic E-state index is 12.5. The van der Waals surface area contributed by atoms with E-state index in [4.69, 9.17) is 9.47 Å². The number of amides is 1. The summed E-state index contributed by atoms with van der Waals surface area (Å²) in [7, 11) is 1.65. The first-order valence-corrected chi connectivity index (χ1v) is 11.9. The van der Waals surface area contributed by atoms with Crippen molar-refractivity contribution in [2.24, 2.45) is 0 Å². The highest BCUT2D eigenvalue weighted by Crippen LogP contribution is 2.28. The van der Waals surface area contributed by atoms with Gasteiger partial charge < -0.3 is 14.8 Å². The van der Waals surface area contributed by atoms with Crippen molar-refractivity contribution < 1.29 is 14.3 Å². The number of ether oxygens (including phenoxy) is 2. The van der Waals surface area contributed by atoms with Crippen molar-refractivity contribution in [3.05, 3.63) is 54.1 Å². The number of aromatic nitrogens is 3. The fourth-order valence-corrected chi connectivity index (χ4v) is 4.40. The van der Waals surface area contributed by atoms with Crippen molar-refractivity contribution in [2.45, 2.75) is 44.0 Å². The van der Waals surface area contributed by atoms with Crippen molar-refractivity contribution in [1.82, 2.24) is 14.8 Å². The third-order valence-electron chi connectivity index (χ3n) is 5.45. The average molecular weight is 453 g/mol. The first-order valence-electron chi connectivity index (χ1n) is 10.9. The highest BCUT2D eigenvalue weighted by Gasteiger charge is 2.22. The summed E-state index contributed by atoms with van der Waals surface area (Å²) in [6.45, 7) is 3.56. The second kappa shape index (κ2) is 10.7. The van der Waals surface area contributed by atoms with Gasteiger partial charge in [0.1, 0.15) is 5.75 Å². The van der Waals surface area contributed by atoms with Crippen molar-refractivity contribution in [2.75, 3.05) is 24.8 Å². The number of thioether (sulfide) groups is 1. The van der Waals surface area contributed by atoms with Gasteiger partial charge in [-0.1, -0.05) is 30.8 Å². The summed E-state index contributed by atoms with van der Waals surface area (Å²) in [6, 6.07) is 15.7. The Hall–Kier alpha value is -2.84. The lowest BCUT2D eigenvalue weighted by Gasteiger charge is -2.15. The van der Waals surface area contributed by atoms with E-state index in [9.17, 15) is 4.79 Å². The smallest absolute Gasteiger partial charge is 0.234 e. The molecule has 0 spiro atoms. The molecule has 1 fully saturated rings. The van der Waals surface area contributed by atoms with Gasteiger partial charge in [0.25, 0.3) is 0 Å². The number of aryl methyl sites for hydroxylation is 1. The molecule has 2 heterocycles. The standard InChI is InChI=1S/C24H28N4O3S/c1-3-17-6-10-19(11-7-17)25-22(29)16-32-24-27-26-23(18-8-12-20(30-2)13-9-18)28(24)15-21-5-4-14-31-21/h6-13,21H,3-5,14-16H2,1-2H3,(H,25,29). The first-order chi connectivity index (χ1) is 15.7. The van der Waals surface area contributed by atoms with Gasteiger partial charge in [-0.15, -0.1) is 10.2 Å². The Balaban J connectivity index is 1.47. The largest absolute Gasteiger partial charge is 0.497 e. The van der Waals surface area contributed by atoms with Crippen molar-refractivity contribution in [3.63, 3.8) is 0 Å². The van der Waals surface area contributed by atoms with Crippen molar-refractivity contribution in [1.29, 1.82) is 0 Å². The van der Waals surface area contributed by atoms with Gasteiger partial charge in [-0.25, -0.2) is 0 Å². The molecule has 1 aromatic heterocycles. The molecule has 1 saturated heterocycles. The van der Waals surface area contributed by atoms with Crippen LogP contribution in [0.15, 0.2) is 53.7 Å². The lowest BCUT2D eigenvalue weighted by molar-refractivity contribution is -0.113. The zero-order valence-corrected chi connectivity index (χ0v) is 19.2. The molecule has 1 atom stereocenters. The van der Waals surface area contributed by atoms with Crippen LogP contribution < -0.4 is 10.1 Å². The van der Waals surface area contributed by atoms with Crippen LogP contribution >= 0.6 is 11.8 Å². The number of methoxy groups -OCH3 is 1. The summed E-state index contributed by atoms with van der Waals surface area (Å²) >= 11 is 1.39. The zero-order chi connectivity index (χ0) is 22.3. The number of hydrogen-bond acceptors (Lipinski definition) is 6. The van der Waals surface area contributed by atoms with Gasteiger partial charge in [-0.3, -0.25) is 9.36 Å². The summed E-state index contributed by atoms with van der Waals surface area (Å²) in [4.78, 5) is 12.5. The van der Waals surface area contributed by atoms with Crippen LogP contribution in [0.3, 0.4) is 0 Å². The molecule has 1 amide bonds. The van der Waals surface area contributed by atoms with Crippen LogP contribution in [0.4, 0.5) is 5.69 Å². The van der Waals surface area contributed by atoms with Crippen molar-refractivity contribution in [3.8, 4) is 17.1 Å². The summed E-state index contributed by atoms with van der Waals surface area (Å²) < 4.78 is 13.2. The Morgan fingerprint density at radius 3 is 2.62 bits per heavy atom. The number of benzene rings is 2. The molecular formula is C24H28N4O3S. The van der Waals surface area contributed by atoms with Gasteiger partial charge in [-0.2, -0.15) is 0 Å². The number of carbonyl (C=O) groups is 1. The molecule has 0 radical (unpaired) electrons. The second-order valence-electron chi connectivity index (χ2n) is 7.67. The van der Waals surface area contributed by atoms with E-state index in [0.29, 0.717) is 11.7 Å². The highest BCUT2D eigenvalue weighted by molar-refractivity contribution is 7.99. The first kappa shape index (κ1) is 22.4. The van der Waals surface area contributed by atoms with Crippen LogP contribution in [0.25, 0.3) is 11.4 Å². The minimum atomic E-state index is -0.0723. The van der Waals surface area contributed by atoms with Crippen LogP contribution in [-0.4, -0.2) is 46.2 Å². The average Bonchev–Trinajstić information content (AvgIpc) is 3.49. The Labute approximate surface area is 192 Å². The van der Waals surface area contributed by atoms with Crippen molar-refractivity contribution >= 4 is 23.4 Å².